The average Bonchev–Trinajstić information content (AvgIpc) is 3.20. The molecule has 32 heavy (non-hydrogen) atoms. The number of rotatable bonds is 4. The van der Waals surface area contributed by atoms with Gasteiger partial charge >= 0.3 is 0 Å². The second kappa shape index (κ2) is 8.97. The van der Waals surface area contributed by atoms with E-state index in [0.717, 1.165) is 69.9 Å². The van der Waals surface area contributed by atoms with E-state index in [4.69, 9.17) is 4.98 Å². The predicted molar refractivity (Wildman–Crippen MR) is 130 cm³/mol. The van der Waals surface area contributed by atoms with Crippen LogP contribution >= 0.6 is 0 Å². The van der Waals surface area contributed by atoms with Gasteiger partial charge in [0.2, 0.25) is 11.9 Å². The standard InChI is InChI=1S/C27H34N4O/c1-20-10-11-21(2)23(18-20)19-31-25-9-5-4-8-24(25)28-27(31)30-16-12-22(13-17-30)26(32)29-14-6-3-7-15-29/h4-5,8-11,18,22H,3,6-7,12-17,19H2,1-2H3. The first-order valence-corrected chi connectivity index (χ1v) is 12.2. The Balaban J connectivity index is 1.38. The fourth-order valence-corrected chi connectivity index (χ4v) is 5.30. The Morgan fingerprint density at radius 3 is 2.50 bits per heavy atom. The Morgan fingerprint density at radius 2 is 1.72 bits per heavy atom. The molecule has 0 radical (unpaired) electrons. The molecule has 5 nitrogen and oxygen atoms in total. The zero-order valence-corrected chi connectivity index (χ0v) is 19.4. The van der Waals surface area contributed by atoms with Crippen LogP contribution < -0.4 is 4.90 Å². The lowest BCUT2D eigenvalue weighted by Gasteiger charge is -2.36. The van der Waals surface area contributed by atoms with Crippen LogP contribution in [0.25, 0.3) is 11.0 Å². The molecule has 2 fully saturated rings. The molecule has 0 unspecified atom stereocenters. The smallest absolute Gasteiger partial charge is 0.225 e. The summed E-state index contributed by atoms with van der Waals surface area (Å²) in [6.45, 7) is 8.83. The maximum atomic E-state index is 13.0. The van der Waals surface area contributed by atoms with Crippen molar-refractivity contribution in [1.29, 1.82) is 0 Å². The van der Waals surface area contributed by atoms with Crippen molar-refractivity contribution in [3.63, 3.8) is 0 Å². The van der Waals surface area contributed by atoms with Crippen molar-refractivity contribution < 1.29 is 4.79 Å². The Labute approximate surface area is 191 Å². The molecule has 0 bridgehead atoms. The lowest BCUT2D eigenvalue weighted by Crippen LogP contribution is -2.44. The molecule has 168 valence electrons. The minimum atomic E-state index is 0.168. The lowest BCUT2D eigenvalue weighted by atomic mass is 9.94. The quantitative estimate of drug-likeness (QED) is 0.589. The van der Waals surface area contributed by atoms with Gasteiger partial charge in [-0.25, -0.2) is 4.98 Å². The molecular weight excluding hydrogens is 396 g/mol. The first-order chi connectivity index (χ1) is 15.6. The molecule has 3 aromatic rings. The molecule has 2 aliphatic rings. The van der Waals surface area contributed by atoms with E-state index in [1.807, 2.05) is 0 Å². The van der Waals surface area contributed by atoms with Crippen LogP contribution in [0.1, 0.15) is 48.8 Å². The van der Waals surface area contributed by atoms with Gasteiger partial charge < -0.3 is 14.4 Å². The van der Waals surface area contributed by atoms with Gasteiger partial charge in [0, 0.05) is 32.1 Å². The highest BCUT2D eigenvalue weighted by Crippen LogP contribution is 2.29. The summed E-state index contributed by atoms with van der Waals surface area (Å²) in [4.78, 5) is 22.5. The number of amides is 1. The van der Waals surface area contributed by atoms with Crippen LogP contribution in [0.5, 0.6) is 0 Å². The van der Waals surface area contributed by atoms with Crippen LogP contribution in [0, 0.1) is 19.8 Å². The summed E-state index contributed by atoms with van der Waals surface area (Å²) in [5.74, 6) is 1.59. The van der Waals surface area contributed by atoms with Crippen molar-refractivity contribution in [3.8, 4) is 0 Å². The van der Waals surface area contributed by atoms with Crippen LogP contribution in [0.2, 0.25) is 0 Å². The molecule has 2 aromatic carbocycles. The third-order valence-corrected chi connectivity index (χ3v) is 7.26. The average molecular weight is 431 g/mol. The van der Waals surface area contributed by atoms with Crippen LogP contribution in [0.15, 0.2) is 42.5 Å². The number of para-hydroxylation sites is 2. The van der Waals surface area contributed by atoms with E-state index in [2.05, 4.69) is 70.7 Å². The fourth-order valence-electron chi connectivity index (χ4n) is 5.30. The van der Waals surface area contributed by atoms with Crippen molar-refractivity contribution >= 4 is 22.9 Å². The number of anilines is 1. The molecule has 2 aliphatic heterocycles. The molecule has 0 N–H and O–H groups in total. The monoisotopic (exact) mass is 430 g/mol. The van der Waals surface area contributed by atoms with Crippen LogP contribution in [0.4, 0.5) is 5.95 Å². The SMILES string of the molecule is Cc1ccc(C)c(Cn2c(N3CCC(C(=O)N4CCCCC4)CC3)nc3ccccc32)c1. The minimum Gasteiger partial charge on any atom is -0.342 e. The van der Waals surface area contributed by atoms with Gasteiger partial charge in [-0.1, -0.05) is 35.9 Å². The number of imidazole rings is 1. The topological polar surface area (TPSA) is 41.4 Å². The number of fused-ring (bicyclic) bond motifs is 1. The molecule has 3 heterocycles. The van der Waals surface area contributed by atoms with Gasteiger partial charge in [0.15, 0.2) is 0 Å². The lowest BCUT2D eigenvalue weighted by molar-refractivity contribution is -0.137. The van der Waals surface area contributed by atoms with E-state index >= 15 is 0 Å². The number of likely N-dealkylation sites (tertiary alicyclic amines) is 1. The van der Waals surface area contributed by atoms with Crippen molar-refractivity contribution in [1.82, 2.24) is 14.5 Å². The zero-order valence-electron chi connectivity index (χ0n) is 19.4. The Kier molecular flexibility index (Phi) is 5.90. The highest BCUT2D eigenvalue weighted by atomic mass is 16.2. The molecule has 0 atom stereocenters. The van der Waals surface area contributed by atoms with Crippen molar-refractivity contribution in [3.05, 3.63) is 59.2 Å². The number of carbonyl (C=O) groups excluding carboxylic acids is 1. The molecule has 0 spiro atoms. The summed E-state index contributed by atoms with van der Waals surface area (Å²) in [5, 5.41) is 0. The largest absolute Gasteiger partial charge is 0.342 e. The summed E-state index contributed by atoms with van der Waals surface area (Å²) in [6, 6.07) is 15.1. The maximum Gasteiger partial charge on any atom is 0.225 e. The van der Waals surface area contributed by atoms with Crippen LogP contribution in [0.3, 0.4) is 0 Å². The van der Waals surface area contributed by atoms with Crippen molar-refractivity contribution in [2.45, 2.75) is 52.5 Å². The number of aromatic nitrogens is 2. The molecule has 0 aliphatic carbocycles. The molecule has 1 amide bonds. The first kappa shape index (κ1) is 21.0. The predicted octanol–water partition coefficient (Wildman–Crippen LogP) is 4.93. The normalized spacial score (nSPS) is 17.8. The molecule has 5 rings (SSSR count). The first-order valence-electron chi connectivity index (χ1n) is 12.2. The van der Waals surface area contributed by atoms with E-state index in [1.54, 1.807) is 0 Å². The molecule has 5 heteroatoms. The highest BCUT2D eigenvalue weighted by Gasteiger charge is 2.31. The second-order valence-corrected chi connectivity index (χ2v) is 9.56. The van der Waals surface area contributed by atoms with Gasteiger partial charge in [0.05, 0.1) is 17.6 Å². The molecule has 2 saturated heterocycles. The second-order valence-electron chi connectivity index (χ2n) is 9.56. The summed E-state index contributed by atoms with van der Waals surface area (Å²) in [6.07, 6.45) is 5.42. The number of hydrogen-bond acceptors (Lipinski definition) is 3. The fraction of sp³-hybridized carbons (Fsp3) is 0.481. The molecular formula is C27H34N4O. The minimum absolute atomic E-state index is 0.168. The summed E-state index contributed by atoms with van der Waals surface area (Å²) < 4.78 is 2.36. The third kappa shape index (κ3) is 4.13. The number of aryl methyl sites for hydroxylation is 2. The zero-order chi connectivity index (χ0) is 22.1. The van der Waals surface area contributed by atoms with E-state index in [-0.39, 0.29) is 5.92 Å². The number of hydrogen-bond donors (Lipinski definition) is 0. The summed E-state index contributed by atoms with van der Waals surface area (Å²) in [5.41, 5.74) is 6.15. The number of benzene rings is 2. The van der Waals surface area contributed by atoms with Gasteiger partial charge in [-0.05, 0) is 69.2 Å². The number of nitrogens with zero attached hydrogens (tertiary/aromatic N) is 4. The van der Waals surface area contributed by atoms with E-state index in [0.29, 0.717) is 5.91 Å². The van der Waals surface area contributed by atoms with Crippen molar-refractivity contribution in [2.24, 2.45) is 5.92 Å². The van der Waals surface area contributed by atoms with Gasteiger partial charge in [-0.2, -0.15) is 0 Å². The van der Waals surface area contributed by atoms with Gasteiger partial charge in [-0.15, -0.1) is 0 Å². The Bertz CT molecular complexity index is 1100. The van der Waals surface area contributed by atoms with Crippen LogP contribution in [-0.4, -0.2) is 46.5 Å². The molecule has 0 saturated carbocycles. The van der Waals surface area contributed by atoms with Gasteiger partial charge in [-0.3, -0.25) is 4.79 Å². The van der Waals surface area contributed by atoms with E-state index < -0.39 is 0 Å². The van der Waals surface area contributed by atoms with Gasteiger partial charge in [0.25, 0.3) is 0 Å². The molecule has 1 aromatic heterocycles. The van der Waals surface area contributed by atoms with Gasteiger partial charge in [0.1, 0.15) is 0 Å². The Morgan fingerprint density at radius 1 is 0.969 bits per heavy atom. The highest BCUT2D eigenvalue weighted by molar-refractivity contribution is 5.80. The van der Waals surface area contributed by atoms with E-state index in [1.165, 1.54) is 28.6 Å². The third-order valence-electron chi connectivity index (χ3n) is 7.26. The van der Waals surface area contributed by atoms with E-state index in [9.17, 15) is 4.79 Å². The Hall–Kier alpha value is -2.82. The summed E-state index contributed by atoms with van der Waals surface area (Å²) in [7, 11) is 0. The van der Waals surface area contributed by atoms with Crippen LogP contribution in [-0.2, 0) is 11.3 Å². The summed E-state index contributed by atoms with van der Waals surface area (Å²) >= 11 is 0. The number of piperidine rings is 2. The maximum absolute atomic E-state index is 13.0. The number of carbonyl (C=O) groups is 1. The van der Waals surface area contributed by atoms with Crippen molar-refractivity contribution in [2.75, 3.05) is 31.1 Å².